The third kappa shape index (κ3) is 4.07. The SMILES string of the molecule is O=C1/C(=C/c2ccc(-c3ccc(Cl)cc3[N+](=O)[O-])o2)SC(=S)N1N1CCOCC1. The van der Waals surface area contributed by atoms with Crippen LogP contribution < -0.4 is 0 Å². The van der Waals surface area contributed by atoms with Crippen LogP contribution in [0.5, 0.6) is 0 Å². The lowest BCUT2D eigenvalue weighted by Gasteiger charge is -2.33. The van der Waals surface area contributed by atoms with Gasteiger partial charge in [-0.3, -0.25) is 14.9 Å². The third-order valence-electron chi connectivity index (χ3n) is 4.37. The van der Waals surface area contributed by atoms with Gasteiger partial charge in [-0.1, -0.05) is 35.6 Å². The number of hydrogen-bond donors (Lipinski definition) is 0. The molecule has 1 aromatic heterocycles. The van der Waals surface area contributed by atoms with Gasteiger partial charge >= 0.3 is 0 Å². The van der Waals surface area contributed by atoms with Crippen molar-refractivity contribution in [3.63, 3.8) is 0 Å². The zero-order valence-corrected chi connectivity index (χ0v) is 17.3. The number of hydrogen-bond acceptors (Lipinski definition) is 8. The highest BCUT2D eigenvalue weighted by atomic mass is 35.5. The van der Waals surface area contributed by atoms with E-state index in [4.69, 9.17) is 33.0 Å². The topological polar surface area (TPSA) is 89.1 Å². The molecule has 1 amide bonds. The Bertz CT molecular complexity index is 1030. The largest absolute Gasteiger partial charge is 0.456 e. The van der Waals surface area contributed by atoms with Crippen molar-refractivity contribution in [2.75, 3.05) is 26.3 Å². The van der Waals surface area contributed by atoms with Crippen LogP contribution >= 0.6 is 35.6 Å². The lowest BCUT2D eigenvalue weighted by Crippen LogP contribution is -2.50. The molecule has 11 heteroatoms. The molecule has 0 aliphatic carbocycles. The summed E-state index contributed by atoms with van der Waals surface area (Å²) < 4.78 is 11.5. The fourth-order valence-corrected chi connectivity index (χ4v) is 4.48. The van der Waals surface area contributed by atoms with Gasteiger partial charge < -0.3 is 9.15 Å². The number of benzene rings is 1. The number of ether oxygens (including phenoxy) is 1. The number of halogens is 1. The van der Waals surface area contributed by atoms with Crippen molar-refractivity contribution in [1.82, 2.24) is 10.0 Å². The molecule has 2 fully saturated rings. The van der Waals surface area contributed by atoms with Gasteiger partial charge in [0.05, 0.1) is 28.6 Å². The van der Waals surface area contributed by atoms with Crippen molar-refractivity contribution >= 4 is 57.6 Å². The molecule has 29 heavy (non-hydrogen) atoms. The van der Waals surface area contributed by atoms with Crippen LogP contribution in [0, 0.1) is 10.1 Å². The van der Waals surface area contributed by atoms with E-state index in [9.17, 15) is 14.9 Å². The third-order valence-corrected chi connectivity index (χ3v) is 5.88. The second-order valence-corrected chi connectivity index (χ2v) is 8.29. The van der Waals surface area contributed by atoms with E-state index in [2.05, 4.69) is 0 Å². The molecular weight excluding hydrogens is 438 g/mol. The van der Waals surface area contributed by atoms with Gasteiger partial charge in [0, 0.05) is 30.3 Å². The summed E-state index contributed by atoms with van der Waals surface area (Å²) in [6.45, 7) is 2.25. The van der Waals surface area contributed by atoms with E-state index >= 15 is 0 Å². The van der Waals surface area contributed by atoms with Crippen LogP contribution in [0.25, 0.3) is 17.4 Å². The summed E-state index contributed by atoms with van der Waals surface area (Å²) in [5.74, 6) is 0.479. The monoisotopic (exact) mass is 451 g/mol. The van der Waals surface area contributed by atoms with Crippen molar-refractivity contribution in [2.24, 2.45) is 0 Å². The molecule has 4 rings (SSSR count). The Kier molecular flexibility index (Phi) is 5.70. The highest BCUT2D eigenvalue weighted by molar-refractivity contribution is 8.26. The fraction of sp³-hybridized carbons (Fsp3) is 0.222. The normalized spacial score (nSPS) is 19.3. The van der Waals surface area contributed by atoms with E-state index in [-0.39, 0.29) is 16.6 Å². The predicted octanol–water partition coefficient (Wildman–Crippen LogP) is 3.96. The number of morpholine rings is 1. The molecule has 8 nitrogen and oxygen atoms in total. The summed E-state index contributed by atoms with van der Waals surface area (Å²) in [5.41, 5.74) is 0.150. The summed E-state index contributed by atoms with van der Waals surface area (Å²) in [7, 11) is 0. The first kappa shape index (κ1) is 20.0. The van der Waals surface area contributed by atoms with E-state index < -0.39 is 4.92 Å². The van der Waals surface area contributed by atoms with Crippen molar-refractivity contribution in [2.45, 2.75) is 0 Å². The molecule has 0 N–H and O–H groups in total. The zero-order valence-electron chi connectivity index (χ0n) is 14.9. The van der Waals surface area contributed by atoms with E-state index in [1.165, 1.54) is 28.9 Å². The molecule has 2 aliphatic heterocycles. The van der Waals surface area contributed by atoms with Crippen LogP contribution in [0.15, 0.2) is 39.7 Å². The molecule has 150 valence electrons. The maximum atomic E-state index is 12.8. The minimum Gasteiger partial charge on any atom is -0.456 e. The molecule has 0 radical (unpaired) electrons. The molecule has 1 aromatic carbocycles. The number of nitro groups is 1. The molecule has 0 saturated carbocycles. The van der Waals surface area contributed by atoms with Crippen molar-refractivity contribution in [1.29, 1.82) is 0 Å². The van der Waals surface area contributed by atoms with Gasteiger partial charge in [-0.05, 0) is 24.3 Å². The average molecular weight is 452 g/mol. The number of thioether (sulfide) groups is 1. The average Bonchev–Trinajstić information content (AvgIpc) is 3.27. The van der Waals surface area contributed by atoms with E-state index in [1.807, 2.05) is 5.01 Å². The summed E-state index contributed by atoms with van der Waals surface area (Å²) in [4.78, 5) is 24.0. The molecule has 2 saturated heterocycles. The lowest BCUT2D eigenvalue weighted by molar-refractivity contribution is -0.384. The van der Waals surface area contributed by atoms with E-state index in [0.29, 0.717) is 52.6 Å². The number of nitro benzene ring substituents is 1. The van der Waals surface area contributed by atoms with Gasteiger partial charge in [0.15, 0.2) is 4.32 Å². The first-order valence-corrected chi connectivity index (χ1v) is 10.2. The maximum Gasteiger partial charge on any atom is 0.281 e. The zero-order chi connectivity index (χ0) is 20.5. The molecular formula is C18H14ClN3O5S2. The fourth-order valence-electron chi connectivity index (χ4n) is 3.03. The van der Waals surface area contributed by atoms with E-state index in [1.54, 1.807) is 24.3 Å². The summed E-state index contributed by atoms with van der Waals surface area (Å²) in [5, 5.41) is 14.9. The number of amides is 1. The van der Waals surface area contributed by atoms with Gasteiger partial charge in [0.25, 0.3) is 11.6 Å². The second-order valence-electron chi connectivity index (χ2n) is 6.18. The lowest BCUT2D eigenvalue weighted by atomic mass is 10.1. The van der Waals surface area contributed by atoms with Gasteiger partial charge in [-0.2, -0.15) is 0 Å². The Labute approximate surface area is 180 Å². The van der Waals surface area contributed by atoms with Crippen molar-refractivity contribution in [3.05, 3.63) is 56.1 Å². The van der Waals surface area contributed by atoms with Crippen molar-refractivity contribution < 1.29 is 18.9 Å². The van der Waals surface area contributed by atoms with Crippen LogP contribution in [0.1, 0.15) is 5.76 Å². The molecule has 2 aromatic rings. The highest BCUT2D eigenvalue weighted by Gasteiger charge is 2.37. The van der Waals surface area contributed by atoms with Gasteiger partial charge in [0.1, 0.15) is 11.5 Å². The minimum absolute atomic E-state index is 0.156. The minimum atomic E-state index is -0.517. The summed E-state index contributed by atoms with van der Waals surface area (Å²) >= 11 is 12.4. The van der Waals surface area contributed by atoms with Gasteiger partial charge in [-0.25, -0.2) is 10.0 Å². The number of nitrogens with zero attached hydrogens (tertiary/aromatic N) is 3. The highest BCUT2D eigenvalue weighted by Crippen LogP contribution is 2.36. The predicted molar refractivity (Wildman–Crippen MR) is 113 cm³/mol. The molecule has 0 atom stereocenters. The Balaban J connectivity index is 1.59. The molecule has 0 unspecified atom stereocenters. The van der Waals surface area contributed by atoms with Crippen molar-refractivity contribution in [3.8, 4) is 11.3 Å². The number of carbonyl (C=O) groups is 1. The summed E-state index contributed by atoms with van der Waals surface area (Å²) in [6, 6.07) is 7.62. The van der Waals surface area contributed by atoms with Crippen LogP contribution in [0.4, 0.5) is 5.69 Å². The van der Waals surface area contributed by atoms with Crippen LogP contribution in [0.2, 0.25) is 5.02 Å². The number of hydrazine groups is 1. The Hall–Kier alpha value is -2.24. The number of carbonyl (C=O) groups excluding carboxylic acids is 1. The number of thiocarbonyl (C=S) groups is 1. The molecule has 0 spiro atoms. The van der Waals surface area contributed by atoms with Gasteiger partial charge in [-0.15, -0.1) is 0 Å². The summed E-state index contributed by atoms with van der Waals surface area (Å²) in [6.07, 6.45) is 1.59. The Morgan fingerprint density at radius 3 is 2.72 bits per heavy atom. The van der Waals surface area contributed by atoms with Gasteiger partial charge in [0.2, 0.25) is 0 Å². The number of furan rings is 1. The molecule has 3 heterocycles. The van der Waals surface area contributed by atoms with E-state index in [0.717, 1.165) is 0 Å². The first-order valence-electron chi connectivity index (χ1n) is 8.59. The molecule has 0 bridgehead atoms. The Morgan fingerprint density at radius 2 is 2.00 bits per heavy atom. The Morgan fingerprint density at radius 1 is 1.24 bits per heavy atom. The second kappa shape index (κ2) is 8.25. The first-order chi connectivity index (χ1) is 13.9. The van der Waals surface area contributed by atoms with Crippen LogP contribution in [-0.2, 0) is 9.53 Å². The molecule has 2 aliphatic rings. The van der Waals surface area contributed by atoms with Crippen LogP contribution in [-0.4, -0.2) is 51.5 Å². The quantitative estimate of drug-likeness (QED) is 0.299. The van der Waals surface area contributed by atoms with Crippen LogP contribution in [0.3, 0.4) is 0 Å². The number of rotatable bonds is 4. The smallest absolute Gasteiger partial charge is 0.281 e. The standard InChI is InChI=1S/C18H14ClN3O5S2/c19-11-1-3-13(14(9-11)22(24)25)15-4-2-12(27-15)10-16-17(23)21(18(28)29-16)20-5-7-26-8-6-20/h1-4,9-10H,5-8H2/b16-10-. The maximum absolute atomic E-state index is 12.8.